The number of benzene rings is 2. The molecule has 1 aliphatic heterocycles. The molecular formula is C23H28N2O4. The lowest BCUT2D eigenvalue weighted by molar-refractivity contribution is -0.132. The fourth-order valence-corrected chi connectivity index (χ4v) is 3.37. The van der Waals surface area contributed by atoms with Crippen LogP contribution in [0, 0.1) is 13.8 Å². The molecule has 0 aromatic heterocycles. The van der Waals surface area contributed by atoms with Crippen LogP contribution in [0.5, 0.6) is 11.5 Å². The van der Waals surface area contributed by atoms with Gasteiger partial charge in [-0.15, -0.1) is 0 Å². The second kappa shape index (κ2) is 9.96. The van der Waals surface area contributed by atoms with Crippen LogP contribution in [0.2, 0.25) is 0 Å². The third kappa shape index (κ3) is 5.73. The number of aryl methyl sites for hydroxylation is 2. The maximum absolute atomic E-state index is 12.4. The Morgan fingerprint density at radius 3 is 2.14 bits per heavy atom. The van der Waals surface area contributed by atoms with E-state index in [9.17, 15) is 9.59 Å². The second-order valence-corrected chi connectivity index (χ2v) is 7.22. The Kier molecular flexibility index (Phi) is 7.11. The van der Waals surface area contributed by atoms with Gasteiger partial charge in [-0.25, -0.2) is 4.79 Å². The van der Waals surface area contributed by atoms with E-state index in [-0.39, 0.29) is 12.0 Å². The zero-order valence-corrected chi connectivity index (χ0v) is 17.1. The number of hydrogen-bond acceptors (Lipinski definition) is 4. The summed E-state index contributed by atoms with van der Waals surface area (Å²) in [5.74, 6) is 1.54. The molecule has 6 heteroatoms. The molecule has 0 unspecified atom stereocenters. The predicted molar refractivity (Wildman–Crippen MR) is 111 cm³/mol. The number of carbonyl (C=O) groups excluding carboxylic acids is 2. The molecule has 1 heterocycles. The third-order valence-corrected chi connectivity index (χ3v) is 5.03. The summed E-state index contributed by atoms with van der Waals surface area (Å²) in [7, 11) is 0. The van der Waals surface area contributed by atoms with Crippen LogP contribution in [0.1, 0.15) is 24.0 Å². The highest BCUT2D eigenvalue weighted by Crippen LogP contribution is 2.22. The van der Waals surface area contributed by atoms with E-state index < -0.39 is 0 Å². The highest BCUT2D eigenvalue weighted by atomic mass is 16.6. The van der Waals surface area contributed by atoms with Gasteiger partial charge >= 0.3 is 6.09 Å². The normalized spacial score (nSPS) is 13.9. The van der Waals surface area contributed by atoms with Crippen LogP contribution in [-0.4, -0.2) is 54.6 Å². The fourth-order valence-electron chi connectivity index (χ4n) is 3.37. The highest BCUT2D eigenvalue weighted by Gasteiger charge is 2.25. The van der Waals surface area contributed by atoms with Crippen LogP contribution in [0.25, 0.3) is 0 Å². The summed E-state index contributed by atoms with van der Waals surface area (Å²) in [6, 6.07) is 15.1. The largest absolute Gasteiger partial charge is 0.493 e. The Bertz CT molecular complexity index is 810. The summed E-state index contributed by atoms with van der Waals surface area (Å²) < 4.78 is 11.2. The number of ether oxygens (including phenoxy) is 2. The van der Waals surface area contributed by atoms with E-state index in [1.54, 1.807) is 17.0 Å². The summed E-state index contributed by atoms with van der Waals surface area (Å²) in [5.41, 5.74) is 2.21. The molecule has 0 bridgehead atoms. The Morgan fingerprint density at radius 2 is 1.48 bits per heavy atom. The molecule has 1 fully saturated rings. The Morgan fingerprint density at radius 1 is 0.862 bits per heavy atom. The van der Waals surface area contributed by atoms with E-state index in [0.29, 0.717) is 51.4 Å². The first-order valence-corrected chi connectivity index (χ1v) is 10.0. The second-order valence-electron chi connectivity index (χ2n) is 7.22. The average molecular weight is 396 g/mol. The van der Waals surface area contributed by atoms with E-state index in [1.165, 1.54) is 0 Å². The van der Waals surface area contributed by atoms with Crippen molar-refractivity contribution in [3.8, 4) is 11.5 Å². The molecule has 2 aromatic carbocycles. The van der Waals surface area contributed by atoms with Gasteiger partial charge in [-0.2, -0.15) is 0 Å². The van der Waals surface area contributed by atoms with Crippen molar-refractivity contribution in [2.45, 2.75) is 26.7 Å². The molecule has 2 amide bonds. The average Bonchev–Trinajstić information content (AvgIpc) is 2.73. The zero-order valence-electron chi connectivity index (χ0n) is 17.1. The van der Waals surface area contributed by atoms with Crippen molar-refractivity contribution < 1.29 is 19.1 Å². The van der Waals surface area contributed by atoms with Crippen molar-refractivity contribution >= 4 is 12.0 Å². The summed E-state index contributed by atoms with van der Waals surface area (Å²) >= 11 is 0. The van der Waals surface area contributed by atoms with Crippen molar-refractivity contribution in [3.63, 3.8) is 0 Å². The van der Waals surface area contributed by atoms with Gasteiger partial charge in [0.2, 0.25) is 5.91 Å². The topological polar surface area (TPSA) is 59.1 Å². The monoisotopic (exact) mass is 396 g/mol. The van der Waals surface area contributed by atoms with Crippen LogP contribution in [0.4, 0.5) is 4.79 Å². The number of para-hydroxylation sites is 2. The summed E-state index contributed by atoms with van der Waals surface area (Å²) in [5, 5.41) is 0. The number of piperazine rings is 1. The number of carbonyl (C=O) groups is 2. The maximum Gasteiger partial charge on any atom is 0.415 e. The van der Waals surface area contributed by atoms with E-state index in [2.05, 4.69) is 0 Å². The van der Waals surface area contributed by atoms with Crippen LogP contribution in [0.15, 0.2) is 48.5 Å². The lowest BCUT2D eigenvalue weighted by Crippen LogP contribution is -2.51. The van der Waals surface area contributed by atoms with Gasteiger partial charge in [0.15, 0.2) is 0 Å². The molecule has 3 rings (SSSR count). The number of amides is 2. The lowest BCUT2D eigenvalue weighted by atomic mass is 10.1. The number of rotatable bonds is 6. The van der Waals surface area contributed by atoms with Crippen LogP contribution >= 0.6 is 0 Å². The molecular weight excluding hydrogens is 368 g/mol. The molecule has 2 aromatic rings. The predicted octanol–water partition coefficient (Wildman–Crippen LogP) is 3.81. The summed E-state index contributed by atoms with van der Waals surface area (Å²) in [4.78, 5) is 28.1. The summed E-state index contributed by atoms with van der Waals surface area (Å²) in [6.45, 7) is 6.58. The molecule has 0 aliphatic carbocycles. The molecule has 0 saturated carbocycles. The van der Waals surface area contributed by atoms with Gasteiger partial charge in [-0.05, 0) is 43.5 Å². The maximum atomic E-state index is 12.4. The van der Waals surface area contributed by atoms with Gasteiger partial charge in [-0.3, -0.25) is 4.79 Å². The van der Waals surface area contributed by atoms with E-state index in [1.807, 2.05) is 55.1 Å². The SMILES string of the molecule is Cc1cccc(C)c1OCCCC(=O)N1CCN(C(=O)Oc2ccccc2)CC1. The molecule has 6 nitrogen and oxygen atoms in total. The zero-order chi connectivity index (χ0) is 20.6. The molecule has 0 spiro atoms. The van der Waals surface area contributed by atoms with Crippen molar-refractivity contribution in [3.05, 3.63) is 59.7 Å². The molecule has 0 radical (unpaired) electrons. The standard InChI is InChI=1S/C23H28N2O4/c1-18-8-6-9-19(2)22(18)28-17-7-12-21(26)24-13-15-25(16-14-24)23(27)29-20-10-4-3-5-11-20/h3-6,8-11H,7,12-17H2,1-2H3. The van der Waals surface area contributed by atoms with Gasteiger partial charge in [0, 0.05) is 32.6 Å². The van der Waals surface area contributed by atoms with Gasteiger partial charge in [0.05, 0.1) is 6.61 Å². The van der Waals surface area contributed by atoms with Gasteiger partial charge in [0.1, 0.15) is 11.5 Å². The molecule has 1 saturated heterocycles. The van der Waals surface area contributed by atoms with E-state index in [0.717, 1.165) is 16.9 Å². The van der Waals surface area contributed by atoms with Crippen LogP contribution in [0.3, 0.4) is 0 Å². The van der Waals surface area contributed by atoms with E-state index in [4.69, 9.17) is 9.47 Å². The number of hydrogen-bond donors (Lipinski definition) is 0. The molecule has 0 N–H and O–H groups in total. The van der Waals surface area contributed by atoms with Crippen molar-refractivity contribution in [2.24, 2.45) is 0 Å². The summed E-state index contributed by atoms with van der Waals surface area (Å²) in [6.07, 6.45) is 0.743. The van der Waals surface area contributed by atoms with Crippen LogP contribution < -0.4 is 9.47 Å². The minimum Gasteiger partial charge on any atom is -0.493 e. The van der Waals surface area contributed by atoms with E-state index >= 15 is 0 Å². The highest BCUT2D eigenvalue weighted by molar-refractivity contribution is 5.77. The van der Waals surface area contributed by atoms with Crippen LogP contribution in [-0.2, 0) is 4.79 Å². The quantitative estimate of drug-likeness (QED) is 0.697. The van der Waals surface area contributed by atoms with Gasteiger partial charge < -0.3 is 19.3 Å². The molecule has 1 aliphatic rings. The first kappa shape index (κ1) is 20.7. The minimum absolute atomic E-state index is 0.103. The lowest BCUT2D eigenvalue weighted by Gasteiger charge is -2.34. The first-order valence-electron chi connectivity index (χ1n) is 10.0. The van der Waals surface area contributed by atoms with Crippen molar-refractivity contribution in [2.75, 3.05) is 32.8 Å². The first-order chi connectivity index (χ1) is 14.0. The number of nitrogens with zero attached hydrogens (tertiary/aromatic N) is 2. The Labute approximate surface area is 172 Å². The third-order valence-electron chi connectivity index (χ3n) is 5.03. The molecule has 0 atom stereocenters. The Hall–Kier alpha value is -3.02. The molecule has 29 heavy (non-hydrogen) atoms. The van der Waals surface area contributed by atoms with Gasteiger partial charge in [0.25, 0.3) is 0 Å². The molecule has 154 valence electrons. The smallest absolute Gasteiger partial charge is 0.415 e. The van der Waals surface area contributed by atoms with Crippen molar-refractivity contribution in [1.29, 1.82) is 0 Å². The van der Waals surface area contributed by atoms with Gasteiger partial charge in [-0.1, -0.05) is 36.4 Å². The fraction of sp³-hybridized carbons (Fsp3) is 0.391. The minimum atomic E-state index is -0.370. The Balaban J connectivity index is 1.37. The van der Waals surface area contributed by atoms with Crippen molar-refractivity contribution in [1.82, 2.24) is 9.80 Å².